The first-order valence-electron chi connectivity index (χ1n) is 7.31. The zero-order chi connectivity index (χ0) is 15.1. The SMILES string of the molecule is Cc1cnn(C[C@@H]2CN(C[C@@H](C#N)CCC#N)CCO2)c1. The fraction of sp³-hybridized carbons (Fsp3) is 0.667. The molecular formula is C15H21N5O. The predicted molar refractivity (Wildman–Crippen MR) is 77.1 cm³/mol. The van der Waals surface area contributed by atoms with Gasteiger partial charge in [0.25, 0.3) is 0 Å². The van der Waals surface area contributed by atoms with E-state index in [1.165, 1.54) is 0 Å². The fourth-order valence-corrected chi connectivity index (χ4v) is 2.58. The van der Waals surface area contributed by atoms with Crippen LogP contribution in [0.15, 0.2) is 12.4 Å². The number of aromatic nitrogens is 2. The van der Waals surface area contributed by atoms with Gasteiger partial charge in [0, 0.05) is 32.3 Å². The molecule has 6 heteroatoms. The zero-order valence-corrected chi connectivity index (χ0v) is 12.4. The Hall–Kier alpha value is -1.89. The monoisotopic (exact) mass is 287 g/mol. The van der Waals surface area contributed by atoms with E-state index in [-0.39, 0.29) is 12.0 Å². The Morgan fingerprint density at radius 1 is 1.52 bits per heavy atom. The van der Waals surface area contributed by atoms with Gasteiger partial charge in [-0.25, -0.2) is 0 Å². The number of rotatable bonds is 6. The Bertz CT molecular complexity index is 527. The average Bonchev–Trinajstić information content (AvgIpc) is 2.89. The Labute approximate surface area is 125 Å². The van der Waals surface area contributed by atoms with E-state index in [0.717, 1.165) is 31.7 Å². The van der Waals surface area contributed by atoms with E-state index < -0.39 is 0 Å². The molecule has 0 saturated carbocycles. The standard InChI is InChI=1S/C15H21N5O/c1-13-8-18-20(9-13)12-15-11-19(5-6-21-15)10-14(7-17)3-2-4-16/h8-9,14-15H,2-3,5-6,10-12H2,1H3/t14-,15+/m1/s1. The minimum Gasteiger partial charge on any atom is -0.374 e. The molecule has 0 bridgehead atoms. The maximum absolute atomic E-state index is 9.16. The summed E-state index contributed by atoms with van der Waals surface area (Å²) in [5.74, 6) is -0.0738. The average molecular weight is 287 g/mol. The summed E-state index contributed by atoms with van der Waals surface area (Å²) < 4.78 is 7.68. The first-order valence-corrected chi connectivity index (χ1v) is 7.31. The van der Waals surface area contributed by atoms with Crippen molar-refractivity contribution in [1.29, 1.82) is 10.5 Å². The molecule has 0 aliphatic carbocycles. The van der Waals surface area contributed by atoms with Gasteiger partial charge in [-0.3, -0.25) is 9.58 Å². The van der Waals surface area contributed by atoms with Crippen LogP contribution in [-0.2, 0) is 11.3 Å². The second-order valence-electron chi connectivity index (χ2n) is 5.51. The second-order valence-corrected chi connectivity index (χ2v) is 5.51. The second kappa shape index (κ2) is 7.78. The highest BCUT2D eigenvalue weighted by Crippen LogP contribution is 2.13. The molecule has 0 unspecified atom stereocenters. The van der Waals surface area contributed by atoms with Crippen LogP contribution in [0.2, 0.25) is 0 Å². The number of nitrogens with zero attached hydrogens (tertiary/aromatic N) is 5. The number of hydrogen-bond donors (Lipinski definition) is 0. The fourth-order valence-electron chi connectivity index (χ4n) is 2.58. The van der Waals surface area contributed by atoms with Crippen LogP contribution < -0.4 is 0 Å². The lowest BCUT2D eigenvalue weighted by Gasteiger charge is -2.33. The van der Waals surface area contributed by atoms with Gasteiger partial charge in [0.05, 0.1) is 43.5 Å². The van der Waals surface area contributed by atoms with E-state index >= 15 is 0 Å². The van der Waals surface area contributed by atoms with E-state index in [1.54, 1.807) is 0 Å². The van der Waals surface area contributed by atoms with Gasteiger partial charge in [-0.2, -0.15) is 15.6 Å². The van der Waals surface area contributed by atoms with Crippen molar-refractivity contribution in [2.24, 2.45) is 5.92 Å². The lowest BCUT2D eigenvalue weighted by Crippen LogP contribution is -2.45. The molecular weight excluding hydrogens is 266 g/mol. The minimum absolute atomic E-state index is 0.0738. The zero-order valence-electron chi connectivity index (χ0n) is 12.4. The number of morpholine rings is 1. The summed E-state index contributed by atoms with van der Waals surface area (Å²) >= 11 is 0. The number of hydrogen-bond acceptors (Lipinski definition) is 5. The van der Waals surface area contributed by atoms with Crippen molar-refractivity contribution in [3.63, 3.8) is 0 Å². The van der Waals surface area contributed by atoms with Crippen molar-refractivity contribution in [2.45, 2.75) is 32.4 Å². The molecule has 112 valence electrons. The van der Waals surface area contributed by atoms with Crippen LogP contribution in [0.4, 0.5) is 0 Å². The van der Waals surface area contributed by atoms with Gasteiger partial charge >= 0.3 is 0 Å². The normalized spacial score (nSPS) is 20.6. The lowest BCUT2D eigenvalue weighted by molar-refractivity contribution is -0.0400. The summed E-state index contributed by atoms with van der Waals surface area (Å²) in [5.41, 5.74) is 1.14. The molecule has 1 aromatic rings. The van der Waals surface area contributed by atoms with Crippen LogP contribution in [0.5, 0.6) is 0 Å². The van der Waals surface area contributed by atoms with Crippen LogP contribution in [-0.4, -0.2) is 47.0 Å². The van der Waals surface area contributed by atoms with E-state index in [9.17, 15) is 0 Å². The first kappa shape index (κ1) is 15.5. The molecule has 2 heterocycles. The molecule has 0 amide bonds. The molecule has 1 fully saturated rings. The molecule has 0 aromatic carbocycles. The van der Waals surface area contributed by atoms with Crippen molar-refractivity contribution >= 4 is 0 Å². The topological polar surface area (TPSA) is 77.9 Å². The summed E-state index contributed by atoms with van der Waals surface area (Å²) in [6, 6.07) is 4.41. The van der Waals surface area contributed by atoms with Gasteiger partial charge in [0.1, 0.15) is 0 Å². The molecule has 1 aliphatic rings. The summed E-state index contributed by atoms with van der Waals surface area (Å²) in [5, 5.41) is 22.1. The number of nitriles is 2. The van der Waals surface area contributed by atoms with Gasteiger partial charge in [0.15, 0.2) is 0 Å². The van der Waals surface area contributed by atoms with Gasteiger partial charge in [-0.1, -0.05) is 0 Å². The highest BCUT2D eigenvalue weighted by atomic mass is 16.5. The summed E-state index contributed by atoms with van der Waals surface area (Å²) in [6.45, 7) is 5.81. The van der Waals surface area contributed by atoms with Gasteiger partial charge in [-0.05, 0) is 18.9 Å². The molecule has 1 saturated heterocycles. The Kier molecular flexibility index (Phi) is 5.74. The summed E-state index contributed by atoms with van der Waals surface area (Å²) in [7, 11) is 0. The molecule has 2 atom stereocenters. The Morgan fingerprint density at radius 3 is 3.05 bits per heavy atom. The van der Waals surface area contributed by atoms with Gasteiger partial charge in [0.2, 0.25) is 0 Å². The van der Waals surface area contributed by atoms with Crippen LogP contribution in [0, 0.1) is 35.5 Å². The summed E-state index contributed by atoms with van der Waals surface area (Å²) in [6.07, 6.45) is 5.04. The van der Waals surface area contributed by atoms with E-state index in [4.69, 9.17) is 15.3 Å². The van der Waals surface area contributed by atoms with Crippen molar-refractivity contribution < 1.29 is 4.74 Å². The molecule has 2 rings (SSSR count). The lowest BCUT2D eigenvalue weighted by atomic mass is 10.0. The van der Waals surface area contributed by atoms with Crippen molar-refractivity contribution in [1.82, 2.24) is 14.7 Å². The molecule has 0 N–H and O–H groups in total. The maximum Gasteiger partial charge on any atom is 0.0898 e. The maximum atomic E-state index is 9.16. The highest BCUT2D eigenvalue weighted by Gasteiger charge is 2.23. The molecule has 0 spiro atoms. The molecule has 1 aromatic heterocycles. The Morgan fingerprint density at radius 2 is 2.38 bits per heavy atom. The van der Waals surface area contributed by atoms with Crippen LogP contribution in [0.3, 0.4) is 0 Å². The number of aryl methyl sites for hydroxylation is 1. The predicted octanol–water partition coefficient (Wildman–Crippen LogP) is 1.34. The molecule has 0 radical (unpaired) electrons. The third-order valence-electron chi connectivity index (χ3n) is 3.64. The summed E-state index contributed by atoms with van der Waals surface area (Å²) in [4.78, 5) is 2.26. The van der Waals surface area contributed by atoms with Crippen LogP contribution in [0.1, 0.15) is 18.4 Å². The quantitative estimate of drug-likeness (QED) is 0.789. The van der Waals surface area contributed by atoms with Gasteiger partial charge < -0.3 is 4.74 Å². The van der Waals surface area contributed by atoms with Crippen molar-refractivity contribution in [3.8, 4) is 12.1 Å². The Balaban J connectivity index is 1.83. The van der Waals surface area contributed by atoms with E-state index in [0.29, 0.717) is 19.4 Å². The first-order chi connectivity index (χ1) is 10.2. The van der Waals surface area contributed by atoms with Crippen LogP contribution >= 0.6 is 0 Å². The molecule has 21 heavy (non-hydrogen) atoms. The number of ether oxygens (including phenoxy) is 1. The molecule has 1 aliphatic heterocycles. The smallest absolute Gasteiger partial charge is 0.0898 e. The largest absolute Gasteiger partial charge is 0.374 e. The van der Waals surface area contributed by atoms with Gasteiger partial charge in [-0.15, -0.1) is 0 Å². The third-order valence-corrected chi connectivity index (χ3v) is 3.64. The minimum atomic E-state index is -0.0738. The van der Waals surface area contributed by atoms with Crippen LogP contribution in [0.25, 0.3) is 0 Å². The van der Waals surface area contributed by atoms with Crippen molar-refractivity contribution in [2.75, 3.05) is 26.2 Å². The van der Waals surface area contributed by atoms with E-state index in [2.05, 4.69) is 22.1 Å². The third kappa shape index (κ3) is 4.86. The van der Waals surface area contributed by atoms with Crippen molar-refractivity contribution in [3.05, 3.63) is 18.0 Å². The highest BCUT2D eigenvalue weighted by molar-refractivity contribution is 4.99. The van der Waals surface area contributed by atoms with E-state index in [1.807, 2.05) is 24.0 Å². The molecule has 6 nitrogen and oxygen atoms in total.